The standard InChI is InChI=1S/C12H9F2N/c13-10-7-11(14)12(15)6-9(10)8-4-2-1-3-5-8/h1-7H,15H2. The third-order valence-corrected chi connectivity index (χ3v) is 2.17. The molecule has 0 fully saturated rings. The molecule has 0 aliphatic rings. The van der Waals surface area contributed by atoms with Crippen molar-refractivity contribution in [1.82, 2.24) is 0 Å². The summed E-state index contributed by atoms with van der Waals surface area (Å²) in [7, 11) is 0. The van der Waals surface area contributed by atoms with Crippen LogP contribution in [0.3, 0.4) is 0 Å². The molecule has 0 bridgehead atoms. The summed E-state index contributed by atoms with van der Waals surface area (Å²) in [5.74, 6) is -1.33. The molecule has 0 aromatic heterocycles. The van der Waals surface area contributed by atoms with Crippen LogP contribution in [0.4, 0.5) is 14.5 Å². The molecule has 0 unspecified atom stereocenters. The molecular formula is C12H9F2N. The van der Waals surface area contributed by atoms with E-state index in [4.69, 9.17) is 5.73 Å². The third-order valence-electron chi connectivity index (χ3n) is 2.17. The Hall–Kier alpha value is -1.90. The van der Waals surface area contributed by atoms with Crippen LogP contribution in [0.5, 0.6) is 0 Å². The van der Waals surface area contributed by atoms with Gasteiger partial charge in [-0.1, -0.05) is 30.3 Å². The van der Waals surface area contributed by atoms with Gasteiger partial charge in [-0.3, -0.25) is 0 Å². The molecule has 2 rings (SSSR count). The van der Waals surface area contributed by atoms with Gasteiger partial charge in [-0.2, -0.15) is 0 Å². The average Bonchev–Trinajstić information content (AvgIpc) is 2.25. The average molecular weight is 205 g/mol. The quantitative estimate of drug-likeness (QED) is 0.711. The third kappa shape index (κ3) is 1.81. The van der Waals surface area contributed by atoms with Crippen LogP contribution in [0.15, 0.2) is 42.5 Å². The highest BCUT2D eigenvalue weighted by Crippen LogP contribution is 2.26. The minimum atomic E-state index is -0.729. The Bertz CT molecular complexity index is 480. The zero-order valence-electron chi connectivity index (χ0n) is 7.87. The molecule has 0 aliphatic carbocycles. The van der Waals surface area contributed by atoms with E-state index in [2.05, 4.69) is 0 Å². The SMILES string of the molecule is Nc1cc(-c2ccccc2)c(F)cc1F. The van der Waals surface area contributed by atoms with E-state index in [9.17, 15) is 8.78 Å². The Morgan fingerprint density at radius 3 is 2.20 bits per heavy atom. The van der Waals surface area contributed by atoms with Crippen molar-refractivity contribution in [2.75, 3.05) is 5.73 Å². The van der Waals surface area contributed by atoms with E-state index >= 15 is 0 Å². The van der Waals surface area contributed by atoms with Crippen LogP contribution < -0.4 is 5.73 Å². The van der Waals surface area contributed by atoms with Gasteiger partial charge in [0.1, 0.15) is 11.6 Å². The monoisotopic (exact) mass is 205 g/mol. The molecule has 2 aromatic carbocycles. The normalized spacial score (nSPS) is 10.3. The first-order valence-electron chi connectivity index (χ1n) is 4.48. The Morgan fingerprint density at radius 2 is 1.53 bits per heavy atom. The summed E-state index contributed by atoms with van der Waals surface area (Å²) in [5.41, 5.74) is 6.34. The molecule has 0 heterocycles. The lowest BCUT2D eigenvalue weighted by atomic mass is 10.0. The molecule has 76 valence electrons. The number of hydrogen-bond donors (Lipinski definition) is 1. The van der Waals surface area contributed by atoms with Crippen molar-refractivity contribution < 1.29 is 8.78 Å². The number of hydrogen-bond acceptors (Lipinski definition) is 1. The number of nitrogen functional groups attached to an aromatic ring is 1. The van der Waals surface area contributed by atoms with Crippen LogP contribution in [-0.4, -0.2) is 0 Å². The van der Waals surface area contributed by atoms with Gasteiger partial charge in [0.2, 0.25) is 0 Å². The van der Waals surface area contributed by atoms with Gasteiger partial charge < -0.3 is 5.73 Å². The molecule has 3 heteroatoms. The molecule has 2 N–H and O–H groups in total. The van der Waals surface area contributed by atoms with Crippen LogP contribution in [0.1, 0.15) is 0 Å². The van der Waals surface area contributed by atoms with Gasteiger partial charge in [-0.25, -0.2) is 8.78 Å². The summed E-state index contributed by atoms with van der Waals surface area (Å²) in [5, 5.41) is 0. The zero-order chi connectivity index (χ0) is 10.8. The van der Waals surface area contributed by atoms with Crippen molar-refractivity contribution in [2.45, 2.75) is 0 Å². The molecule has 0 atom stereocenters. The molecule has 15 heavy (non-hydrogen) atoms. The van der Waals surface area contributed by atoms with Crippen molar-refractivity contribution in [2.24, 2.45) is 0 Å². The molecule has 1 nitrogen and oxygen atoms in total. The number of nitrogens with two attached hydrogens (primary N) is 1. The fourth-order valence-corrected chi connectivity index (χ4v) is 1.40. The first-order chi connectivity index (χ1) is 7.18. The molecule has 0 saturated carbocycles. The summed E-state index contributed by atoms with van der Waals surface area (Å²) < 4.78 is 26.3. The molecule has 0 radical (unpaired) electrons. The Balaban J connectivity index is 2.59. The lowest BCUT2D eigenvalue weighted by molar-refractivity contribution is 0.588. The number of anilines is 1. The summed E-state index contributed by atoms with van der Waals surface area (Å²) in [4.78, 5) is 0. The summed E-state index contributed by atoms with van der Waals surface area (Å²) in [6.45, 7) is 0. The summed E-state index contributed by atoms with van der Waals surface area (Å²) >= 11 is 0. The molecule has 0 aliphatic heterocycles. The van der Waals surface area contributed by atoms with Crippen LogP contribution >= 0.6 is 0 Å². The Labute approximate surface area is 86.2 Å². The molecule has 0 saturated heterocycles. The maximum absolute atomic E-state index is 13.4. The molecular weight excluding hydrogens is 196 g/mol. The van der Waals surface area contributed by atoms with Crippen molar-refractivity contribution in [3.05, 3.63) is 54.1 Å². The predicted molar refractivity (Wildman–Crippen MR) is 56.2 cm³/mol. The van der Waals surface area contributed by atoms with E-state index < -0.39 is 11.6 Å². The second-order valence-electron chi connectivity index (χ2n) is 3.22. The smallest absolute Gasteiger partial charge is 0.149 e. The van der Waals surface area contributed by atoms with Gasteiger partial charge in [0.05, 0.1) is 5.69 Å². The van der Waals surface area contributed by atoms with Gasteiger partial charge in [0.15, 0.2) is 0 Å². The Morgan fingerprint density at radius 1 is 0.867 bits per heavy atom. The van der Waals surface area contributed by atoms with Crippen molar-refractivity contribution in [3.8, 4) is 11.1 Å². The van der Waals surface area contributed by atoms with Crippen molar-refractivity contribution in [1.29, 1.82) is 0 Å². The first kappa shape index (κ1) is 9.65. The molecule has 0 spiro atoms. The highest BCUT2D eigenvalue weighted by atomic mass is 19.1. The lowest BCUT2D eigenvalue weighted by Gasteiger charge is -2.05. The van der Waals surface area contributed by atoms with Gasteiger partial charge in [-0.05, 0) is 11.6 Å². The lowest BCUT2D eigenvalue weighted by Crippen LogP contribution is -1.94. The maximum atomic E-state index is 13.4. The van der Waals surface area contributed by atoms with Crippen LogP contribution in [-0.2, 0) is 0 Å². The highest BCUT2D eigenvalue weighted by Gasteiger charge is 2.08. The minimum Gasteiger partial charge on any atom is -0.396 e. The van der Waals surface area contributed by atoms with Crippen molar-refractivity contribution >= 4 is 5.69 Å². The van der Waals surface area contributed by atoms with E-state index in [1.165, 1.54) is 6.07 Å². The number of benzene rings is 2. The van der Waals surface area contributed by atoms with Crippen LogP contribution in [0.25, 0.3) is 11.1 Å². The summed E-state index contributed by atoms with van der Waals surface area (Å²) in [6.07, 6.45) is 0. The van der Waals surface area contributed by atoms with Crippen LogP contribution in [0.2, 0.25) is 0 Å². The fourth-order valence-electron chi connectivity index (χ4n) is 1.40. The van der Waals surface area contributed by atoms with Crippen LogP contribution in [0, 0.1) is 11.6 Å². The van der Waals surface area contributed by atoms with E-state index in [1.54, 1.807) is 24.3 Å². The minimum absolute atomic E-state index is 0.0461. The second kappa shape index (κ2) is 3.69. The van der Waals surface area contributed by atoms with Gasteiger partial charge >= 0.3 is 0 Å². The van der Waals surface area contributed by atoms with Gasteiger partial charge in [0, 0.05) is 11.6 Å². The number of halogens is 2. The highest BCUT2D eigenvalue weighted by molar-refractivity contribution is 5.68. The number of rotatable bonds is 1. The topological polar surface area (TPSA) is 26.0 Å². The fraction of sp³-hybridized carbons (Fsp3) is 0. The predicted octanol–water partition coefficient (Wildman–Crippen LogP) is 3.21. The van der Waals surface area contributed by atoms with Gasteiger partial charge in [-0.15, -0.1) is 0 Å². The molecule has 2 aromatic rings. The summed E-state index contributed by atoms with van der Waals surface area (Å²) in [6, 6.07) is 11.0. The van der Waals surface area contributed by atoms with Gasteiger partial charge in [0.25, 0.3) is 0 Å². The first-order valence-corrected chi connectivity index (χ1v) is 4.48. The van der Waals surface area contributed by atoms with E-state index in [0.717, 1.165) is 6.07 Å². The zero-order valence-corrected chi connectivity index (χ0v) is 7.87. The molecule has 0 amide bonds. The second-order valence-corrected chi connectivity index (χ2v) is 3.22. The van der Waals surface area contributed by atoms with Crippen molar-refractivity contribution in [3.63, 3.8) is 0 Å². The largest absolute Gasteiger partial charge is 0.396 e. The maximum Gasteiger partial charge on any atom is 0.149 e. The van der Waals surface area contributed by atoms with E-state index in [1.807, 2.05) is 6.07 Å². The van der Waals surface area contributed by atoms with E-state index in [-0.39, 0.29) is 5.69 Å². The van der Waals surface area contributed by atoms with E-state index in [0.29, 0.717) is 11.1 Å². The Kier molecular flexibility index (Phi) is 2.37.